The zero-order chi connectivity index (χ0) is 21.5. The highest BCUT2D eigenvalue weighted by Gasteiger charge is 2.18. The molecular weight excluding hydrogens is 384 g/mol. The lowest BCUT2D eigenvalue weighted by Gasteiger charge is -2.28. The van der Waals surface area contributed by atoms with Crippen molar-refractivity contribution in [2.45, 2.75) is 26.2 Å². The molecule has 0 bridgehead atoms. The Morgan fingerprint density at radius 2 is 1.90 bits per heavy atom. The van der Waals surface area contributed by atoms with E-state index in [0.717, 1.165) is 40.7 Å². The number of amides is 1. The van der Waals surface area contributed by atoms with Gasteiger partial charge in [0.2, 0.25) is 0 Å². The number of rotatable bonds is 4. The summed E-state index contributed by atoms with van der Waals surface area (Å²) in [7, 11) is 4.29. The highest BCUT2D eigenvalue weighted by atomic mass is 16.1. The molecule has 2 aromatic heterocycles. The molecule has 5 nitrogen and oxygen atoms in total. The fourth-order valence-electron chi connectivity index (χ4n) is 5.20. The highest BCUT2D eigenvalue weighted by Crippen LogP contribution is 2.35. The Bertz CT molecular complexity index is 1280. The summed E-state index contributed by atoms with van der Waals surface area (Å²) in [6.07, 6.45) is 7.29. The molecule has 2 aromatic carbocycles. The number of aromatic nitrogens is 2. The number of benzene rings is 2. The van der Waals surface area contributed by atoms with Crippen LogP contribution in [0.15, 0.2) is 42.7 Å². The standard InChI is InChI=1S/C26H30N4O/c1-17-21-7-10-27-16-20(21)15-23-22-14-19(4-5-24(22)30(3)25(17)23)26(31)28-11-6-18-8-12-29(2)13-9-18/h4-5,7,10,14-16,18H,6,8-9,11-13H2,1-3H3,(H,28,31). The SMILES string of the molecule is Cc1c2ccncc2cc2c3cc(C(=O)NCCC4CCN(C)CC4)ccc3n(C)c12. The molecule has 0 spiro atoms. The van der Waals surface area contributed by atoms with Crippen molar-refractivity contribution in [2.24, 2.45) is 13.0 Å². The van der Waals surface area contributed by atoms with Crippen molar-refractivity contribution < 1.29 is 4.79 Å². The van der Waals surface area contributed by atoms with Crippen molar-refractivity contribution >= 4 is 38.5 Å². The number of fused-ring (bicyclic) bond motifs is 4. The summed E-state index contributed by atoms with van der Waals surface area (Å²) in [5.74, 6) is 0.743. The van der Waals surface area contributed by atoms with Crippen molar-refractivity contribution in [1.29, 1.82) is 0 Å². The molecule has 0 atom stereocenters. The number of pyridine rings is 1. The predicted molar refractivity (Wildman–Crippen MR) is 128 cm³/mol. The van der Waals surface area contributed by atoms with Gasteiger partial charge in [-0.05, 0) is 93.5 Å². The van der Waals surface area contributed by atoms with Crippen molar-refractivity contribution in [3.05, 3.63) is 53.9 Å². The van der Waals surface area contributed by atoms with Crippen LogP contribution >= 0.6 is 0 Å². The van der Waals surface area contributed by atoms with Gasteiger partial charge in [-0.3, -0.25) is 9.78 Å². The number of carbonyl (C=O) groups is 1. The zero-order valence-electron chi connectivity index (χ0n) is 18.6. The van der Waals surface area contributed by atoms with Crippen LogP contribution in [0.2, 0.25) is 0 Å². The van der Waals surface area contributed by atoms with Crippen LogP contribution in [0, 0.1) is 12.8 Å². The molecule has 3 heterocycles. The Hall–Kier alpha value is -2.92. The second-order valence-electron chi connectivity index (χ2n) is 9.08. The number of piperidine rings is 1. The first-order chi connectivity index (χ1) is 15.0. The van der Waals surface area contributed by atoms with Gasteiger partial charge in [-0.2, -0.15) is 0 Å². The summed E-state index contributed by atoms with van der Waals surface area (Å²) >= 11 is 0. The van der Waals surface area contributed by atoms with E-state index in [-0.39, 0.29) is 5.91 Å². The molecule has 0 unspecified atom stereocenters. The summed E-state index contributed by atoms with van der Waals surface area (Å²) in [5, 5.41) is 7.80. The fourth-order valence-corrected chi connectivity index (χ4v) is 5.20. The zero-order valence-corrected chi connectivity index (χ0v) is 18.6. The first-order valence-corrected chi connectivity index (χ1v) is 11.2. The number of nitrogens with one attached hydrogen (secondary N) is 1. The summed E-state index contributed by atoms with van der Waals surface area (Å²) in [6, 6.07) is 10.3. The van der Waals surface area contributed by atoms with Gasteiger partial charge in [0.1, 0.15) is 0 Å². The van der Waals surface area contributed by atoms with Gasteiger partial charge in [0.25, 0.3) is 5.91 Å². The molecule has 1 aliphatic heterocycles. The predicted octanol–water partition coefficient (Wildman–Crippen LogP) is 4.65. The van der Waals surface area contributed by atoms with E-state index in [4.69, 9.17) is 0 Å². The maximum atomic E-state index is 12.9. The van der Waals surface area contributed by atoms with E-state index in [1.807, 2.05) is 24.5 Å². The summed E-state index contributed by atoms with van der Waals surface area (Å²) in [6.45, 7) is 5.25. The van der Waals surface area contributed by atoms with E-state index in [9.17, 15) is 4.79 Å². The topological polar surface area (TPSA) is 50.2 Å². The molecule has 1 N–H and O–H groups in total. The minimum Gasteiger partial charge on any atom is -0.352 e. The number of carbonyl (C=O) groups excluding carboxylic acids is 1. The van der Waals surface area contributed by atoms with Crippen molar-refractivity contribution in [3.63, 3.8) is 0 Å². The van der Waals surface area contributed by atoms with Crippen LogP contribution in [0.3, 0.4) is 0 Å². The van der Waals surface area contributed by atoms with E-state index in [1.54, 1.807) is 0 Å². The van der Waals surface area contributed by atoms with Gasteiger partial charge in [0.15, 0.2) is 0 Å². The van der Waals surface area contributed by atoms with E-state index < -0.39 is 0 Å². The van der Waals surface area contributed by atoms with Gasteiger partial charge < -0.3 is 14.8 Å². The highest BCUT2D eigenvalue weighted by molar-refractivity contribution is 6.15. The molecule has 1 saturated heterocycles. The largest absolute Gasteiger partial charge is 0.352 e. The summed E-state index contributed by atoms with van der Waals surface area (Å²) in [4.78, 5) is 19.5. The number of nitrogens with zero attached hydrogens (tertiary/aromatic N) is 3. The molecule has 160 valence electrons. The summed E-state index contributed by atoms with van der Waals surface area (Å²) < 4.78 is 2.24. The van der Waals surface area contributed by atoms with Crippen LogP contribution < -0.4 is 5.32 Å². The van der Waals surface area contributed by atoms with Gasteiger partial charge in [0.05, 0.1) is 5.52 Å². The molecule has 5 heteroatoms. The number of hydrogen-bond acceptors (Lipinski definition) is 3. The Kier molecular flexibility index (Phi) is 5.14. The van der Waals surface area contributed by atoms with Crippen molar-refractivity contribution in [3.8, 4) is 0 Å². The molecule has 5 rings (SSSR count). The van der Waals surface area contributed by atoms with Gasteiger partial charge in [-0.25, -0.2) is 0 Å². The van der Waals surface area contributed by atoms with E-state index in [0.29, 0.717) is 0 Å². The fraction of sp³-hybridized carbons (Fsp3) is 0.385. The molecule has 0 aliphatic carbocycles. The number of hydrogen-bond donors (Lipinski definition) is 1. The monoisotopic (exact) mass is 414 g/mol. The smallest absolute Gasteiger partial charge is 0.251 e. The van der Waals surface area contributed by atoms with Crippen LogP contribution in [0.25, 0.3) is 32.6 Å². The molecule has 31 heavy (non-hydrogen) atoms. The molecule has 1 fully saturated rings. The minimum absolute atomic E-state index is 0.0195. The summed E-state index contributed by atoms with van der Waals surface area (Å²) in [5.41, 5.74) is 4.34. The van der Waals surface area contributed by atoms with E-state index in [2.05, 4.69) is 59.0 Å². The van der Waals surface area contributed by atoms with Crippen molar-refractivity contribution in [2.75, 3.05) is 26.7 Å². The Balaban J connectivity index is 1.42. The first-order valence-electron chi connectivity index (χ1n) is 11.2. The van der Waals surface area contributed by atoms with Gasteiger partial charge in [-0.15, -0.1) is 0 Å². The van der Waals surface area contributed by atoms with Gasteiger partial charge in [-0.1, -0.05) is 0 Å². The Morgan fingerprint density at radius 1 is 1.10 bits per heavy atom. The molecular formula is C26H30N4O. The van der Waals surface area contributed by atoms with Crippen LogP contribution in [-0.4, -0.2) is 47.0 Å². The van der Waals surface area contributed by atoms with E-state index >= 15 is 0 Å². The van der Waals surface area contributed by atoms with Gasteiger partial charge >= 0.3 is 0 Å². The second-order valence-corrected chi connectivity index (χ2v) is 9.08. The van der Waals surface area contributed by atoms with Crippen molar-refractivity contribution in [1.82, 2.24) is 19.8 Å². The van der Waals surface area contributed by atoms with Crippen LogP contribution in [0.5, 0.6) is 0 Å². The Morgan fingerprint density at radius 3 is 2.71 bits per heavy atom. The third-order valence-corrected chi connectivity index (χ3v) is 7.09. The number of likely N-dealkylation sites (tertiary alicyclic amines) is 1. The third kappa shape index (κ3) is 3.57. The van der Waals surface area contributed by atoms with Crippen LogP contribution in [0.1, 0.15) is 35.2 Å². The lowest BCUT2D eigenvalue weighted by atomic mass is 9.94. The lowest BCUT2D eigenvalue weighted by molar-refractivity contribution is 0.0949. The maximum Gasteiger partial charge on any atom is 0.251 e. The molecule has 1 amide bonds. The maximum absolute atomic E-state index is 12.9. The Labute approximate surface area is 183 Å². The quantitative estimate of drug-likeness (QED) is 0.529. The van der Waals surface area contributed by atoms with Gasteiger partial charge in [0, 0.05) is 53.2 Å². The molecule has 1 aliphatic rings. The second kappa shape index (κ2) is 7.97. The molecule has 0 saturated carbocycles. The molecule has 4 aromatic rings. The number of aryl methyl sites for hydroxylation is 2. The minimum atomic E-state index is 0.0195. The lowest BCUT2D eigenvalue weighted by Crippen LogP contribution is -2.32. The molecule has 0 radical (unpaired) electrons. The average molecular weight is 415 g/mol. The van der Waals surface area contributed by atoms with Crippen LogP contribution in [-0.2, 0) is 7.05 Å². The first kappa shape index (κ1) is 20.0. The van der Waals surface area contributed by atoms with Crippen LogP contribution in [0.4, 0.5) is 0 Å². The third-order valence-electron chi connectivity index (χ3n) is 7.09. The van der Waals surface area contributed by atoms with E-state index in [1.165, 1.54) is 47.8 Å². The normalized spacial score (nSPS) is 15.8. The average Bonchev–Trinajstić information content (AvgIpc) is 3.07.